The summed E-state index contributed by atoms with van der Waals surface area (Å²) in [6, 6.07) is 5.66. The third-order valence-electron chi connectivity index (χ3n) is 2.81. The second-order valence-electron chi connectivity index (χ2n) is 4.70. The first kappa shape index (κ1) is 16.7. The van der Waals surface area contributed by atoms with Crippen molar-refractivity contribution < 1.29 is 4.79 Å². The maximum Gasteiger partial charge on any atom is 0.253 e. The van der Waals surface area contributed by atoms with Gasteiger partial charge in [0.2, 0.25) is 0 Å². The Morgan fingerprint density at radius 2 is 1.68 bits per heavy atom. The zero-order valence-corrected chi connectivity index (χ0v) is 14.8. The Bertz CT molecular complexity index is 415. The van der Waals surface area contributed by atoms with Crippen LogP contribution in [0.2, 0.25) is 0 Å². The molecule has 106 valence electrons. The van der Waals surface area contributed by atoms with Gasteiger partial charge in [-0.2, -0.15) is 0 Å². The topological polar surface area (TPSA) is 23.6 Å². The Balaban J connectivity index is 2.72. The van der Waals surface area contributed by atoms with Gasteiger partial charge in [0.25, 0.3) is 5.91 Å². The van der Waals surface area contributed by atoms with E-state index in [4.69, 9.17) is 0 Å². The van der Waals surface area contributed by atoms with Crippen molar-refractivity contribution >= 4 is 37.8 Å². The van der Waals surface area contributed by atoms with Gasteiger partial charge in [-0.25, -0.2) is 0 Å². The number of halogens is 2. The van der Waals surface area contributed by atoms with E-state index in [1.807, 2.05) is 44.1 Å². The van der Waals surface area contributed by atoms with Crippen LogP contribution in [0.5, 0.6) is 0 Å². The molecule has 0 aromatic heterocycles. The van der Waals surface area contributed by atoms with E-state index in [0.717, 1.165) is 35.0 Å². The number of hydrogen-bond acceptors (Lipinski definition) is 2. The first-order valence-electron chi connectivity index (χ1n) is 6.34. The molecular formula is C14H20Br2N2O. The highest BCUT2D eigenvalue weighted by atomic mass is 79.9. The molecule has 0 N–H and O–H groups in total. The van der Waals surface area contributed by atoms with Crippen molar-refractivity contribution in [2.45, 2.75) is 13.3 Å². The summed E-state index contributed by atoms with van der Waals surface area (Å²) in [4.78, 5) is 16.4. The highest BCUT2D eigenvalue weighted by Crippen LogP contribution is 2.21. The Morgan fingerprint density at radius 1 is 1.11 bits per heavy atom. The Labute approximate surface area is 132 Å². The van der Waals surface area contributed by atoms with Crippen LogP contribution in [-0.2, 0) is 0 Å². The maximum absolute atomic E-state index is 12.4. The predicted molar refractivity (Wildman–Crippen MR) is 86.6 cm³/mol. The molecule has 0 spiro atoms. The number of carbonyl (C=O) groups excluding carboxylic acids is 1. The molecule has 1 aromatic carbocycles. The molecule has 19 heavy (non-hydrogen) atoms. The summed E-state index contributed by atoms with van der Waals surface area (Å²) in [6.45, 7) is 4.53. The van der Waals surface area contributed by atoms with Crippen LogP contribution >= 0.6 is 31.9 Å². The number of hydrogen-bond donors (Lipinski definition) is 0. The van der Waals surface area contributed by atoms with Gasteiger partial charge in [0.15, 0.2) is 0 Å². The van der Waals surface area contributed by atoms with Gasteiger partial charge in [-0.05, 0) is 52.2 Å². The summed E-state index contributed by atoms with van der Waals surface area (Å²) in [6.07, 6.45) is 0.988. The second-order valence-corrected chi connectivity index (χ2v) is 6.53. The Kier molecular flexibility index (Phi) is 7.04. The number of carbonyl (C=O) groups is 1. The molecule has 0 aliphatic rings. The summed E-state index contributed by atoms with van der Waals surface area (Å²) in [5.74, 6) is 0.0863. The fraction of sp³-hybridized carbons (Fsp3) is 0.500. The Morgan fingerprint density at radius 3 is 2.16 bits per heavy atom. The molecule has 0 unspecified atom stereocenters. The normalized spacial score (nSPS) is 10.8. The lowest BCUT2D eigenvalue weighted by Gasteiger charge is -2.22. The largest absolute Gasteiger partial charge is 0.339 e. The van der Waals surface area contributed by atoms with Crippen molar-refractivity contribution in [3.05, 3.63) is 32.7 Å². The van der Waals surface area contributed by atoms with Crippen LogP contribution < -0.4 is 0 Å². The molecule has 1 rings (SSSR count). The van der Waals surface area contributed by atoms with Crippen molar-refractivity contribution in [2.24, 2.45) is 0 Å². The summed E-state index contributed by atoms with van der Waals surface area (Å²) >= 11 is 6.83. The van der Waals surface area contributed by atoms with E-state index in [0.29, 0.717) is 5.56 Å². The van der Waals surface area contributed by atoms with Crippen molar-refractivity contribution in [3.63, 3.8) is 0 Å². The monoisotopic (exact) mass is 390 g/mol. The average Bonchev–Trinajstić information content (AvgIpc) is 2.32. The van der Waals surface area contributed by atoms with E-state index < -0.39 is 0 Å². The zero-order valence-electron chi connectivity index (χ0n) is 11.6. The van der Waals surface area contributed by atoms with E-state index in [2.05, 4.69) is 36.8 Å². The minimum absolute atomic E-state index is 0.0863. The lowest BCUT2D eigenvalue weighted by atomic mass is 10.2. The number of amides is 1. The first-order valence-corrected chi connectivity index (χ1v) is 7.92. The molecule has 1 amide bonds. The predicted octanol–water partition coefficient (Wildman–Crippen LogP) is 3.63. The van der Waals surface area contributed by atoms with Gasteiger partial charge in [-0.15, -0.1) is 0 Å². The molecule has 0 radical (unpaired) electrons. The van der Waals surface area contributed by atoms with Crippen LogP contribution in [0.4, 0.5) is 0 Å². The third-order valence-corrected chi connectivity index (χ3v) is 3.73. The smallest absolute Gasteiger partial charge is 0.253 e. The van der Waals surface area contributed by atoms with Gasteiger partial charge in [0, 0.05) is 27.6 Å². The van der Waals surface area contributed by atoms with Gasteiger partial charge in [0.1, 0.15) is 0 Å². The lowest BCUT2D eigenvalue weighted by Crippen LogP contribution is -2.33. The van der Waals surface area contributed by atoms with Gasteiger partial charge < -0.3 is 9.80 Å². The molecule has 3 nitrogen and oxygen atoms in total. The minimum Gasteiger partial charge on any atom is -0.339 e. The van der Waals surface area contributed by atoms with E-state index in [-0.39, 0.29) is 5.91 Å². The van der Waals surface area contributed by atoms with Gasteiger partial charge >= 0.3 is 0 Å². The van der Waals surface area contributed by atoms with Crippen molar-refractivity contribution in [1.29, 1.82) is 0 Å². The standard InChI is InChI=1S/C14H20Br2N2O/c1-4-18(7-5-6-17(2)3)14(19)11-8-12(15)10-13(16)9-11/h8-10H,4-7H2,1-3H3. The molecule has 0 aliphatic carbocycles. The van der Waals surface area contributed by atoms with Crippen LogP contribution in [0.3, 0.4) is 0 Å². The van der Waals surface area contributed by atoms with Crippen LogP contribution in [-0.4, -0.2) is 49.4 Å². The molecular weight excluding hydrogens is 372 g/mol. The van der Waals surface area contributed by atoms with E-state index in [9.17, 15) is 4.79 Å². The molecule has 0 heterocycles. The third kappa shape index (κ3) is 5.63. The highest BCUT2D eigenvalue weighted by Gasteiger charge is 2.14. The summed E-state index contributed by atoms with van der Waals surface area (Å²) in [7, 11) is 4.09. The van der Waals surface area contributed by atoms with E-state index in [1.54, 1.807) is 0 Å². The second kappa shape index (κ2) is 8.02. The Hall–Kier alpha value is -0.390. The minimum atomic E-state index is 0.0863. The van der Waals surface area contributed by atoms with Crippen molar-refractivity contribution in [1.82, 2.24) is 9.80 Å². The SMILES string of the molecule is CCN(CCCN(C)C)C(=O)c1cc(Br)cc(Br)c1. The quantitative estimate of drug-likeness (QED) is 0.739. The van der Waals surface area contributed by atoms with Crippen LogP contribution in [0, 0.1) is 0 Å². The molecule has 0 atom stereocenters. The molecule has 1 aromatic rings. The molecule has 0 saturated carbocycles. The van der Waals surface area contributed by atoms with Crippen LogP contribution in [0.1, 0.15) is 23.7 Å². The van der Waals surface area contributed by atoms with Crippen molar-refractivity contribution in [3.8, 4) is 0 Å². The van der Waals surface area contributed by atoms with Gasteiger partial charge in [-0.1, -0.05) is 31.9 Å². The molecule has 0 aliphatic heterocycles. The molecule has 0 fully saturated rings. The molecule has 0 bridgehead atoms. The fourth-order valence-electron chi connectivity index (χ4n) is 1.84. The number of nitrogens with zero attached hydrogens (tertiary/aromatic N) is 2. The zero-order chi connectivity index (χ0) is 14.4. The first-order chi connectivity index (χ1) is 8.93. The average molecular weight is 392 g/mol. The van der Waals surface area contributed by atoms with E-state index >= 15 is 0 Å². The van der Waals surface area contributed by atoms with Gasteiger partial charge in [-0.3, -0.25) is 4.79 Å². The number of benzene rings is 1. The summed E-state index contributed by atoms with van der Waals surface area (Å²) in [5.41, 5.74) is 0.716. The van der Waals surface area contributed by atoms with Crippen LogP contribution in [0.25, 0.3) is 0 Å². The number of rotatable bonds is 6. The van der Waals surface area contributed by atoms with E-state index in [1.165, 1.54) is 0 Å². The summed E-state index contributed by atoms with van der Waals surface area (Å²) < 4.78 is 1.82. The van der Waals surface area contributed by atoms with Crippen molar-refractivity contribution in [2.75, 3.05) is 33.7 Å². The van der Waals surface area contributed by atoms with Gasteiger partial charge in [0.05, 0.1) is 0 Å². The molecule has 0 saturated heterocycles. The summed E-state index contributed by atoms with van der Waals surface area (Å²) in [5, 5.41) is 0. The maximum atomic E-state index is 12.4. The molecule has 5 heteroatoms. The fourth-order valence-corrected chi connectivity index (χ4v) is 3.13. The lowest BCUT2D eigenvalue weighted by molar-refractivity contribution is 0.0759. The van der Waals surface area contributed by atoms with Crippen LogP contribution in [0.15, 0.2) is 27.1 Å². The highest BCUT2D eigenvalue weighted by molar-refractivity contribution is 9.11.